The van der Waals surface area contributed by atoms with Crippen molar-refractivity contribution < 1.29 is 9.53 Å². The average molecular weight is 198 g/mol. The SMILES string of the molecule is C=CC(=O)N1CCN(C(C)OC)CC1. The van der Waals surface area contributed by atoms with Crippen LogP contribution in [0, 0.1) is 0 Å². The van der Waals surface area contributed by atoms with Crippen LogP contribution in [0.5, 0.6) is 0 Å². The molecule has 0 aromatic carbocycles. The molecule has 0 radical (unpaired) electrons. The fourth-order valence-corrected chi connectivity index (χ4v) is 1.58. The van der Waals surface area contributed by atoms with Gasteiger partial charge < -0.3 is 9.64 Å². The van der Waals surface area contributed by atoms with E-state index in [0.29, 0.717) is 0 Å². The maximum atomic E-state index is 11.3. The van der Waals surface area contributed by atoms with Crippen LogP contribution in [0.25, 0.3) is 0 Å². The van der Waals surface area contributed by atoms with Crippen LogP contribution in [0.2, 0.25) is 0 Å². The summed E-state index contributed by atoms with van der Waals surface area (Å²) in [6, 6.07) is 0. The zero-order valence-corrected chi connectivity index (χ0v) is 8.90. The molecule has 0 saturated carbocycles. The molecule has 1 fully saturated rings. The topological polar surface area (TPSA) is 32.8 Å². The second-order valence-electron chi connectivity index (χ2n) is 3.40. The molecular weight excluding hydrogens is 180 g/mol. The third-order valence-electron chi connectivity index (χ3n) is 2.66. The van der Waals surface area contributed by atoms with E-state index >= 15 is 0 Å². The molecule has 80 valence electrons. The molecule has 0 spiro atoms. The van der Waals surface area contributed by atoms with Crippen molar-refractivity contribution in [1.82, 2.24) is 9.80 Å². The molecule has 1 aliphatic heterocycles. The van der Waals surface area contributed by atoms with Crippen LogP contribution in [0.15, 0.2) is 12.7 Å². The zero-order valence-electron chi connectivity index (χ0n) is 8.90. The second-order valence-corrected chi connectivity index (χ2v) is 3.40. The maximum absolute atomic E-state index is 11.3. The Morgan fingerprint density at radius 2 is 2.00 bits per heavy atom. The molecule has 1 atom stereocenters. The maximum Gasteiger partial charge on any atom is 0.246 e. The van der Waals surface area contributed by atoms with Crippen LogP contribution in [-0.2, 0) is 9.53 Å². The Morgan fingerprint density at radius 1 is 1.43 bits per heavy atom. The number of hydrogen-bond donors (Lipinski definition) is 0. The Kier molecular flexibility index (Phi) is 4.10. The number of hydrogen-bond acceptors (Lipinski definition) is 3. The Labute approximate surface area is 85.1 Å². The van der Waals surface area contributed by atoms with Gasteiger partial charge in [0.2, 0.25) is 5.91 Å². The summed E-state index contributed by atoms with van der Waals surface area (Å²) < 4.78 is 5.21. The Hall–Kier alpha value is -0.870. The first-order chi connectivity index (χ1) is 6.69. The van der Waals surface area contributed by atoms with Crippen LogP contribution >= 0.6 is 0 Å². The summed E-state index contributed by atoms with van der Waals surface area (Å²) in [5.41, 5.74) is 0. The highest BCUT2D eigenvalue weighted by Gasteiger charge is 2.22. The predicted molar refractivity (Wildman–Crippen MR) is 54.8 cm³/mol. The fraction of sp³-hybridized carbons (Fsp3) is 0.700. The van der Waals surface area contributed by atoms with Crippen molar-refractivity contribution >= 4 is 5.91 Å². The predicted octanol–water partition coefficient (Wildman–Crippen LogP) is 0.309. The number of ether oxygens (including phenoxy) is 1. The van der Waals surface area contributed by atoms with Crippen LogP contribution in [-0.4, -0.2) is 55.2 Å². The number of piperazine rings is 1. The molecule has 1 aliphatic rings. The van der Waals surface area contributed by atoms with E-state index < -0.39 is 0 Å². The summed E-state index contributed by atoms with van der Waals surface area (Å²) in [6.07, 6.45) is 1.51. The van der Waals surface area contributed by atoms with Gasteiger partial charge in [0.1, 0.15) is 6.23 Å². The first kappa shape index (κ1) is 11.2. The van der Waals surface area contributed by atoms with E-state index in [0.717, 1.165) is 26.2 Å². The first-order valence-corrected chi connectivity index (χ1v) is 4.87. The van der Waals surface area contributed by atoms with Crippen molar-refractivity contribution in [2.45, 2.75) is 13.2 Å². The Balaban J connectivity index is 2.38. The second kappa shape index (κ2) is 5.12. The van der Waals surface area contributed by atoms with Crippen molar-refractivity contribution in [1.29, 1.82) is 0 Å². The summed E-state index contributed by atoms with van der Waals surface area (Å²) in [7, 11) is 1.70. The highest BCUT2D eigenvalue weighted by Crippen LogP contribution is 2.06. The largest absolute Gasteiger partial charge is 0.367 e. The molecule has 4 nitrogen and oxygen atoms in total. The summed E-state index contributed by atoms with van der Waals surface area (Å²) in [5.74, 6) is 0.0229. The third kappa shape index (κ3) is 2.56. The number of nitrogens with zero attached hydrogens (tertiary/aromatic N) is 2. The molecule has 0 aromatic heterocycles. The Morgan fingerprint density at radius 3 is 2.43 bits per heavy atom. The highest BCUT2D eigenvalue weighted by molar-refractivity contribution is 5.87. The lowest BCUT2D eigenvalue weighted by Crippen LogP contribution is -2.51. The van der Waals surface area contributed by atoms with Crippen LogP contribution in [0.4, 0.5) is 0 Å². The summed E-state index contributed by atoms with van der Waals surface area (Å²) in [4.78, 5) is 15.3. The van der Waals surface area contributed by atoms with Crippen molar-refractivity contribution in [3.05, 3.63) is 12.7 Å². The van der Waals surface area contributed by atoms with Crippen molar-refractivity contribution in [3.63, 3.8) is 0 Å². The van der Waals surface area contributed by atoms with E-state index in [1.807, 2.05) is 11.8 Å². The van der Waals surface area contributed by atoms with Gasteiger partial charge in [0, 0.05) is 33.3 Å². The van der Waals surface area contributed by atoms with Gasteiger partial charge in [0.05, 0.1) is 0 Å². The van der Waals surface area contributed by atoms with Gasteiger partial charge >= 0.3 is 0 Å². The van der Waals surface area contributed by atoms with Crippen molar-refractivity contribution in [3.8, 4) is 0 Å². The molecule has 0 aromatic rings. The van der Waals surface area contributed by atoms with Crippen LogP contribution < -0.4 is 0 Å². The van der Waals surface area contributed by atoms with Gasteiger partial charge in [-0.1, -0.05) is 6.58 Å². The number of rotatable bonds is 3. The lowest BCUT2D eigenvalue weighted by atomic mass is 10.3. The molecule has 0 N–H and O–H groups in total. The minimum absolute atomic E-state index is 0.0229. The average Bonchev–Trinajstić information content (AvgIpc) is 2.27. The van der Waals surface area contributed by atoms with Gasteiger partial charge in [-0.05, 0) is 13.0 Å². The van der Waals surface area contributed by atoms with E-state index in [2.05, 4.69) is 11.5 Å². The molecule has 1 heterocycles. The third-order valence-corrected chi connectivity index (χ3v) is 2.66. The van der Waals surface area contributed by atoms with Crippen molar-refractivity contribution in [2.75, 3.05) is 33.3 Å². The Bertz CT molecular complexity index is 210. The van der Waals surface area contributed by atoms with Gasteiger partial charge in [-0.3, -0.25) is 9.69 Å². The van der Waals surface area contributed by atoms with E-state index in [9.17, 15) is 4.79 Å². The molecule has 0 bridgehead atoms. The van der Waals surface area contributed by atoms with E-state index in [1.54, 1.807) is 7.11 Å². The molecule has 1 saturated heterocycles. The van der Waals surface area contributed by atoms with Gasteiger partial charge in [-0.2, -0.15) is 0 Å². The number of carbonyl (C=O) groups excluding carboxylic acids is 1. The number of methoxy groups -OCH3 is 1. The van der Waals surface area contributed by atoms with Gasteiger partial charge in [0.25, 0.3) is 0 Å². The molecule has 14 heavy (non-hydrogen) atoms. The number of amides is 1. The van der Waals surface area contributed by atoms with Gasteiger partial charge in [-0.25, -0.2) is 0 Å². The normalized spacial score (nSPS) is 20.6. The van der Waals surface area contributed by atoms with E-state index in [-0.39, 0.29) is 12.1 Å². The van der Waals surface area contributed by atoms with Crippen LogP contribution in [0.1, 0.15) is 6.92 Å². The summed E-state index contributed by atoms with van der Waals surface area (Å²) in [5, 5.41) is 0. The lowest BCUT2D eigenvalue weighted by Gasteiger charge is -2.36. The molecule has 4 heteroatoms. The highest BCUT2D eigenvalue weighted by atomic mass is 16.5. The van der Waals surface area contributed by atoms with E-state index in [1.165, 1.54) is 6.08 Å². The quantitative estimate of drug-likeness (QED) is 0.612. The summed E-state index contributed by atoms with van der Waals surface area (Å²) >= 11 is 0. The molecule has 0 aliphatic carbocycles. The monoisotopic (exact) mass is 198 g/mol. The van der Waals surface area contributed by atoms with E-state index in [4.69, 9.17) is 4.74 Å². The number of carbonyl (C=O) groups is 1. The molecular formula is C10H18N2O2. The first-order valence-electron chi connectivity index (χ1n) is 4.87. The fourth-order valence-electron chi connectivity index (χ4n) is 1.58. The van der Waals surface area contributed by atoms with Crippen molar-refractivity contribution in [2.24, 2.45) is 0 Å². The summed E-state index contributed by atoms with van der Waals surface area (Å²) in [6.45, 7) is 8.76. The van der Waals surface area contributed by atoms with Gasteiger partial charge in [-0.15, -0.1) is 0 Å². The molecule has 1 unspecified atom stereocenters. The minimum Gasteiger partial charge on any atom is -0.367 e. The van der Waals surface area contributed by atoms with Crippen LogP contribution in [0.3, 0.4) is 0 Å². The lowest BCUT2D eigenvalue weighted by molar-refractivity contribution is -0.129. The smallest absolute Gasteiger partial charge is 0.246 e. The minimum atomic E-state index is 0.0229. The molecule has 1 amide bonds. The zero-order chi connectivity index (χ0) is 10.6. The standard InChI is InChI=1S/C10H18N2O2/c1-4-10(13)12-7-5-11(6-8-12)9(2)14-3/h4,9H,1,5-8H2,2-3H3. The molecule has 1 rings (SSSR count). The van der Waals surface area contributed by atoms with Gasteiger partial charge in [0.15, 0.2) is 0 Å².